The van der Waals surface area contributed by atoms with Gasteiger partial charge in [0, 0.05) is 19.1 Å². The molecule has 0 fully saturated rings. The number of halogens is 1. The van der Waals surface area contributed by atoms with Crippen LogP contribution in [0.25, 0.3) is 0 Å². The predicted molar refractivity (Wildman–Crippen MR) is 71.8 cm³/mol. The standard InChI is InChI=1S/C14H23FN2/c1-4-6-9-17(5-2)14-8-7-12(11(3)16)10-13(14)15/h7-8,10-11H,4-6,9,16H2,1-3H3/t11-/m0/s1. The molecule has 2 N–H and O–H groups in total. The van der Waals surface area contributed by atoms with Gasteiger partial charge in [0.2, 0.25) is 0 Å². The van der Waals surface area contributed by atoms with Gasteiger partial charge in [0.1, 0.15) is 5.82 Å². The molecule has 0 bridgehead atoms. The molecule has 0 unspecified atom stereocenters. The van der Waals surface area contributed by atoms with Gasteiger partial charge < -0.3 is 10.6 Å². The predicted octanol–water partition coefficient (Wildman–Crippen LogP) is 3.47. The Morgan fingerprint density at radius 1 is 1.35 bits per heavy atom. The molecular weight excluding hydrogens is 215 g/mol. The highest BCUT2D eigenvalue weighted by Crippen LogP contribution is 2.23. The average Bonchev–Trinajstić information content (AvgIpc) is 2.31. The second-order valence-electron chi connectivity index (χ2n) is 4.43. The molecule has 0 amide bonds. The van der Waals surface area contributed by atoms with Crippen molar-refractivity contribution < 1.29 is 4.39 Å². The van der Waals surface area contributed by atoms with Crippen molar-refractivity contribution in [2.75, 3.05) is 18.0 Å². The highest BCUT2D eigenvalue weighted by atomic mass is 19.1. The van der Waals surface area contributed by atoms with Gasteiger partial charge in [-0.25, -0.2) is 4.39 Å². The van der Waals surface area contributed by atoms with Crippen molar-refractivity contribution in [2.45, 2.75) is 39.7 Å². The van der Waals surface area contributed by atoms with Gasteiger partial charge in [-0.05, 0) is 38.0 Å². The highest BCUT2D eigenvalue weighted by molar-refractivity contribution is 5.49. The maximum Gasteiger partial charge on any atom is 0.146 e. The number of hydrogen-bond acceptors (Lipinski definition) is 2. The first-order valence-electron chi connectivity index (χ1n) is 6.40. The Morgan fingerprint density at radius 3 is 2.53 bits per heavy atom. The molecule has 0 heterocycles. The maximum atomic E-state index is 14.0. The number of rotatable bonds is 6. The summed E-state index contributed by atoms with van der Waals surface area (Å²) in [5, 5.41) is 0. The van der Waals surface area contributed by atoms with Gasteiger partial charge in [-0.3, -0.25) is 0 Å². The molecule has 1 atom stereocenters. The van der Waals surface area contributed by atoms with Crippen LogP contribution in [0.5, 0.6) is 0 Å². The summed E-state index contributed by atoms with van der Waals surface area (Å²) in [7, 11) is 0. The molecule has 3 heteroatoms. The summed E-state index contributed by atoms with van der Waals surface area (Å²) in [6.45, 7) is 7.79. The van der Waals surface area contributed by atoms with Crippen molar-refractivity contribution in [3.8, 4) is 0 Å². The lowest BCUT2D eigenvalue weighted by Crippen LogP contribution is -2.25. The molecule has 0 saturated heterocycles. The Hall–Kier alpha value is -1.09. The molecule has 1 aromatic rings. The summed E-state index contributed by atoms with van der Waals surface area (Å²) in [4.78, 5) is 2.07. The van der Waals surface area contributed by atoms with Gasteiger partial charge in [-0.15, -0.1) is 0 Å². The Balaban J connectivity index is 2.88. The van der Waals surface area contributed by atoms with Crippen molar-refractivity contribution in [3.05, 3.63) is 29.6 Å². The minimum atomic E-state index is -0.169. The lowest BCUT2D eigenvalue weighted by molar-refractivity contribution is 0.609. The Morgan fingerprint density at radius 2 is 2.06 bits per heavy atom. The van der Waals surface area contributed by atoms with E-state index in [-0.39, 0.29) is 11.9 Å². The number of hydrogen-bond donors (Lipinski definition) is 1. The quantitative estimate of drug-likeness (QED) is 0.822. The van der Waals surface area contributed by atoms with Crippen LogP contribution < -0.4 is 10.6 Å². The fourth-order valence-electron chi connectivity index (χ4n) is 1.86. The van der Waals surface area contributed by atoms with Crippen LogP contribution in [0.1, 0.15) is 45.2 Å². The van der Waals surface area contributed by atoms with Crippen LogP contribution in [-0.4, -0.2) is 13.1 Å². The summed E-state index contributed by atoms with van der Waals surface area (Å²) in [5.74, 6) is -0.169. The monoisotopic (exact) mass is 238 g/mol. The van der Waals surface area contributed by atoms with E-state index >= 15 is 0 Å². The van der Waals surface area contributed by atoms with E-state index < -0.39 is 0 Å². The summed E-state index contributed by atoms with van der Waals surface area (Å²) in [6, 6.07) is 5.18. The van der Waals surface area contributed by atoms with Gasteiger partial charge in [0.25, 0.3) is 0 Å². The van der Waals surface area contributed by atoms with E-state index in [0.717, 1.165) is 31.5 Å². The largest absolute Gasteiger partial charge is 0.369 e. The number of unbranched alkanes of at least 4 members (excludes halogenated alkanes) is 1. The zero-order valence-electron chi connectivity index (χ0n) is 11.0. The fourth-order valence-corrected chi connectivity index (χ4v) is 1.86. The third-order valence-corrected chi connectivity index (χ3v) is 3.00. The molecule has 2 nitrogen and oxygen atoms in total. The van der Waals surface area contributed by atoms with Crippen molar-refractivity contribution in [1.82, 2.24) is 0 Å². The van der Waals surface area contributed by atoms with Crippen molar-refractivity contribution >= 4 is 5.69 Å². The minimum absolute atomic E-state index is 0.121. The van der Waals surface area contributed by atoms with E-state index in [2.05, 4.69) is 18.7 Å². The van der Waals surface area contributed by atoms with E-state index in [4.69, 9.17) is 5.73 Å². The van der Waals surface area contributed by atoms with Crippen LogP contribution in [0.2, 0.25) is 0 Å². The first-order valence-corrected chi connectivity index (χ1v) is 6.40. The zero-order valence-corrected chi connectivity index (χ0v) is 11.0. The van der Waals surface area contributed by atoms with Crippen LogP contribution in [0, 0.1) is 5.82 Å². The Labute approximate surface area is 104 Å². The zero-order chi connectivity index (χ0) is 12.8. The first kappa shape index (κ1) is 14.0. The van der Waals surface area contributed by atoms with E-state index in [1.807, 2.05) is 19.1 Å². The first-order chi connectivity index (χ1) is 8.10. The molecule has 0 aliphatic rings. The van der Waals surface area contributed by atoms with Crippen LogP contribution in [0.15, 0.2) is 18.2 Å². The molecule has 17 heavy (non-hydrogen) atoms. The summed E-state index contributed by atoms with van der Waals surface area (Å²) >= 11 is 0. The molecule has 0 aliphatic carbocycles. The summed E-state index contributed by atoms with van der Waals surface area (Å²) < 4.78 is 14.0. The van der Waals surface area contributed by atoms with Gasteiger partial charge in [0.05, 0.1) is 5.69 Å². The van der Waals surface area contributed by atoms with Crippen molar-refractivity contribution in [1.29, 1.82) is 0 Å². The van der Waals surface area contributed by atoms with E-state index in [9.17, 15) is 4.39 Å². The van der Waals surface area contributed by atoms with Crippen molar-refractivity contribution in [2.24, 2.45) is 5.73 Å². The Bertz CT molecular complexity index is 350. The van der Waals surface area contributed by atoms with Gasteiger partial charge >= 0.3 is 0 Å². The second-order valence-corrected chi connectivity index (χ2v) is 4.43. The third-order valence-electron chi connectivity index (χ3n) is 3.00. The van der Waals surface area contributed by atoms with E-state index in [1.54, 1.807) is 6.07 Å². The smallest absolute Gasteiger partial charge is 0.146 e. The van der Waals surface area contributed by atoms with E-state index in [1.165, 1.54) is 0 Å². The minimum Gasteiger partial charge on any atom is -0.369 e. The molecule has 0 aliphatic heterocycles. The lowest BCUT2D eigenvalue weighted by atomic mass is 10.1. The molecule has 0 saturated carbocycles. The topological polar surface area (TPSA) is 29.3 Å². The van der Waals surface area contributed by atoms with E-state index in [0.29, 0.717) is 5.69 Å². The number of nitrogens with zero attached hydrogens (tertiary/aromatic N) is 1. The molecular formula is C14H23FN2. The SMILES string of the molecule is CCCCN(CC)c1ccc([C@H](C)N)cc1F. The van der Waals surface area contributed by atoms with Crippen LogP contribution in [0.4, 0.5) is 10.1 Å². The average molecular weight is 238 g/mol. The van der Waals surface area contributed by atoms with Gasteiger partial charge in [-0.1, -0.05) is 19.4 Å². The second kappa shape index (κ2) is 6.60. The normalized spacial score (nSPS) is 12.5. The van der Waals surface area contributed by atoms with Gasteiger partial charge in [-0.2, -0.15) is 0 Å². The highest BCUT2D eigenvalue weighted by Gasteiger charge is 2.11. The number of nitrogens with two attached hydrogens (primary N) is 1. The summed E-state index contributed by atoms with van der Waals surface area (Å²) in [6.07, 6.45) is 2.21. The molecule has 96 valence electrons. The number of anilines is 1. The molecule has 0 spiro atoms. The van der Waals surface area contributed by atoms with Crippen molar-refractivity contribution in [3.63, 3.8) is 0 Å². The number of benzene rings is 1. The van der Waals surface area contributed by atoms with Crippen LogP contribution >= 0.6 is 0 Å². The molecule has 0 radical (unpaired) electrons. The van der Waals surface area contributed by atoms with Crippen LogP contribution in [-0.2, 0) is 0 Å². The fraction of sp³-hybridized carbons (Fsp3) is 0.571. The molecule has 0 aromatic heterocycles. The third kappa shape index (κ3) is 3.70. The lowest BCUT2D eigenvalue weighted by Gasteiger charge is -2.24. The molecule has 1 rings (SSSR count). The Kier molecular flexibility index (Phi) is 5.42. The summed E-state index contributed by atoms with van der Waals surface area (Å²) in [5.41, 5.74) is 7.27. The van der Waals surface area contributed by atoms with Crippen LogP contribution in [0.3, 0.4) is 0 Å². The van der Waals surface area contributed by atoms with Gasteiger partial charge in [0.15, 0.2) is 0 Å². The molecule has 1 aromatic carbocycles. The maximum absolute atomic E-state index is 14.0.